The van der Waals surface area contributed by atoms with E-state index < -0.39 is 9.84 Å². The molecule has 7 heteroatoms. The predicted molar refractivity (Wildman–Crippen MR) is 90.1 cm³/mol. The number of nitrogens with zero attached hydrogens (tertiary/aromatic N) is 1. The topological polar surface area (TPSA) is 75.7 Å². The number of ether oxygens (including phenoxy) is 1. The number of hydrogen-bond acceptors (Lipinski definition) is 5. The second-order valence-corrected chi connectivity index (χ2v) is 9.04. The highest BCUT2D eigenvalue weighted by Crippen LogP contribution is 2.27. The van der Waals surface area contributed by atoms with Gasteiger partial charge >= 0.3 is 0 Å². The third kappa shape index (κ3) is 3.02. The zero-order chi connectivity index (χ0) is 16.7. The van der Waals surface area contributed by atoms with Crippen LogP contribution in [0.1, 0.15) is 28.8 Å². The summed E-state index contributed by atoms with van der Waals surface area (Å²) in [6.45, 7) is 2.49. The summed E-state index contributed by atoms with van der Waals surface area (Å²) in [5, 5.41) is 2.97. The molecule has 6 nitrogen and oxygen atoms in total. The van der Waals surface area contributed by atoms with E-state index in [9.17, 15) is 13.2 Å². The van der Waals surface area contributed by atoms with Crippen molar-refractivity contribution in [1.29, 1.82) is 0 Å². The van der Waals surface area contributed by atoms with E-state index in [1.54, 1.807) is 6.07 Å². The average molecular weight is 350 g/mol. The summed E-state index contributed by atoms with van der Waals surface area (Å²) in [7, 11) is -3.10. The first-order valence-electron chi connectivity index (χ1n) is 8.53. The van der Waals surface area contributed by atoms with E-state index in [-0.39, 0.29) is 29.5 Å². The standard InChI is InChI=1S/C17H22N2O4S/c20-17(13-3-4-16-12(9-13)5-8-23-16)18-14-10-24(21,22)11-15(14)19-6-1-2-7-19/h3-4,9,14-15H,1-2,5-8,10-11H2,(H,18,20). The first-order chi connectivity index (χ1) is 11.5. The van der Waals surface area contributed by atoms with Crippen molar-refractivity contribution in [2.45, 2.75) is 31.3 Å². The van der Waals surface area contributed by atoms with E-state index in [0.29, 0.717) is 12.2 Å². The number of carbonyl (C=O) groups is 1. The molecule has 3 aliphatic heterocycles. The Kier molecular flexibility index (Phi) is 4.00. The summed E-state index contributed by atoms with van der Waals surface area (Å²) in [4.78, 5) is 14.8. The van der Waals surface area contributed by atoms with Gasteiger partial charge in [0, 0.05) is 18.0 Å². The van der Waals surface area contributed by atoms with Gasteiger partial charge in [0.1, 0.15) is 5.75 Å². The molecular formula is C17H22N2O4S. The van der Waals surface area contributed by atoms with Crippen LogP contribution in [0.25, 0.3) is 0 Å². The van der Waals surface area contributed by atoms with E-state index >= 15 is 0 Å². The number of likely N-dealkylation sites (tertiary alicyclic amines) is 1. The number of rotatable bonds is 3. The second-order valence-electron chi connectivity index (χ2n) is 6.89. The Bertz CT molecular complexity index is 756. The smallest absolute Gasteiger partial charge is 0.251 e. The minimum Gasteiger partial charge on any atom is -0.493 e. The van der Waals surface area contributed by atoms with Gasteiger partial charge in [-0.15, -0.1) is 0 Å². The number of fused-ring (bicyclic) bond motifs is 1. The normalized spacial score (nSPS) is 28.5. The lowest BCUT2D eigenvalue weighted by Crippen LogP contribution is -2.50. The fourth-order valence-corrected chi connectivity index (χ4v) is 5.93. The lowest BCUT2D eigenvalue weighted by atomic mass is 10.1. The Morgan fingerprint density at radius 1 is 1.21 bits per heavy atom. The van der Waals surface area contributed by atoms with Crippen LogP contribution in [0.3, 0.4) is 0 Å². The summed E-state index contributed by atoms with van der Waals surface area (Å²) >= 11 is 0. The lowest BCUT2D eigenvalue weighted by Gasteiger charge is -2.28. The number of carbonyl (C=O) groups excluding carboxylic acids is 1. The van der Waals surface area contributed by atoms with Crippen LogP contribution in [-0.2, 0) is 16.3 Å². The lowest BCUT2D eigenvalue weighted by molar-refractivity contribution is 0.0918. The minimum absolute atomic E-state index is 0.0357. The Morgan fingerprint density at radius 3 is 2.79 bits per heavy atom. The molecular weight excluding hydrogens is 328 g/mol. The quantitative estimate of drug-likeness (QED) is 0.865. The molecule has 2 saturated heterocycles. The van der Waals surface area contributed by atoms with Crippen molar-refractivity contribution in [1.82, 2.24) is 10.2 Å². The predicted octanol–water partition coefficient (Wildman–Crippen LogP) is 0.613. The van der Waals surface area contributed by atoms with Crippen molar-refractivity contribution in [3.05, 3.63) is 29.3 Å². The largest absolute Gasteiger partial charge is 0.493 e. The molecule has 1 N–H and O–H groups in total. The molecule has 2 unspecified atom stereocenters. The van der Waals surface area contributed by atoms with Gasteiger partial charge in [-0.05, 0) is 49.7 Å². The molecule has 2 fully saturated rings. The molecule has 1 aromatic carbocycles. The van der Waals surface area contributed by atoms with Crippen molar-refractivity contribution < 1.29 is 17.9 Å². The van der Waals surface area contributed by atoms with Gasteiger partial charge in [0.05, 0.1) is 24.2 Å². The molecule has 1 amide bonds. The van der Waals surface area contributed by atoms with E-state index in [1.165, 1.54) is 0 Å². The molecule has 0 radical (unpaired) electrons. The van der Waals surface area contributed by atoms with Gasteiger partial charge in [-0.25, -0.2) is 8.42 Å². The van der Waals surface area contributed by atoms with Gasteiger partial charge in [-0.1, -0.05) is 0 Å². The highest BCUT2D eigenvalue weighted by Gasteiger charge is 2.42. The monoisotopic (exact) mass is 350 g/mol. The first-order valence-corrected chi connectivity index (χ1v) is 10.3. The molecule has 0 saturated carbocycles. The first kappa shape index (κ1) is 15.9. The molecule has 24 heavy (non-hydrogen) atoms. The van der Waals surface area contributed by atoms with Crippen molar-refractivity contribution in [2.75, 3.05) is 31.2 Å². The van der Waals surface area contributed by atoms with Gasteiger partial charge in [0.2, 0.25) is 0 Å². The fourth-order valence-electron chi connectivity index (χ4n) is 3.98. The molecule has 1 aromatic rings. The summed E-state index contributed by atoms with van der Waals surface area (Å²) in [6, 6.07) is 4.99. The fraction of sp³-hybridized carbons (Fsp3) is 0.588. The van der Waals surface area contributed by atoms with Gasteiger partial charge in [-0.3, -0.25) is 9.69 Å². The Labute approximate surface area is 142 Å². The van der Waals surface area contributed by atoms with Crippen molar-refractivity contribution >= 4 is 15.7 Å². The number of sulfone groups is 1. The van der Waals surface area contributed by atoms with Crippen LogP contribution in [0.2, 0.25) is 0 Å². The van der Waals surface area contributed by atoms with Gasteiger partial charge < -0.3 is 10.1 Å². The van der Waals surface area contributed by atoms with E-state index in [1.807, 2.05) is 12.1 Å². The number of nitrogens with one attached hydrogen (secondary N) is 1. The highest BCUT2D eigenvalue weighted by atomic mass is 32.2. The van der Waals surface area contributed by atoms with Crippen molar-refractivity contribution in [3.8, 4) is 5.75 Å². The van der Waals surface area contributed by atoms with Gasteiger partial charge in [0.15, 0.2) is 9.84 Å². The zero-order valence-electron chi connectivity index (χ0n) is 13.5. The Balaban J connectivity index is 1.51. The maximum atomic E-state index is 12.6. The number of benzene rings is 1. The number of amides is 1. The van der Waals surface area contributed by atoms with E-state index in [4.69, 9.17) is 4.74 Å². The van der Waals surface area contributed by atoms with Gasteiger partial charge in [0.25, 0.3) is 5.91 Å². The molecule has 4 rings (SSSR count). The molecule has 130 valence electrons. The average Bonchev–Trinajstić information content (AvgIpc) is 3.25. The van der Waals surface area contributed by atoms with E-state index in [2.05, 4.69) is 10.2 Å². The molecule has 0 bridgehead atoms. The molecule has 3 heterocycles. The third-order valence-electron chi connectivity index (χ3n) is 5.20. The van der Waals surface area contributed by atoms with Crippen molar-refractivity contribution in [3.63, 3.8) is 0 Å². The van der Waals surface area contributed by atoms with Gasteiger partial charge in [-0.2, -0.15) is 0 Å². The summed E-state index contributed by atoms with van der Waals surface area (Å²) < 4.78 is 29.6. The Morgan fingerprint density at radius 2 is 2.00 bits per heavy atom. The third-order valence-corrected chi connectivity index (χ3v) is 6.92. The SMILES string of the molecule is O=C(NC1CS(=O)(=O)CC1N1CCCC1)c1ccc2c(c1)CCO2. The van der Waals surface area contributed by atoms with Crippen LogP contribution in [0.5, 0.6) is 5.75 Å². The molecule has 2 atom stereocenters. The van der Waals surface area contributed by atoms with Crippen LogP contribution >= 0.6 is 0 Å². The van der Waals surface area contributed by atoms with Crippen LogP contribution in [0.15, 0.2) is 18.2 Å². The molecule has 0 spiro atoms. The summed E-state index contributed by atoms with van der Waals surface area (Å²) in [5.74, 6) is 0.824. The van der Waals surface area contributed by atoms with Crippen LogP contribution in [0, 0.1) is 0 Å². The Hall–Kier alpha value is -1.60. The second kappa shape index (κ2) is 6.04. The highest BCUT2D eigenvalue weighted by molar-refractivity contribution is 7.91. The summed E-state index contributed by atoms with van der Waals surface area (Å²) in [5.41, 5.74) is 1.61. The molecule has 3 aliphatic rings. The van der Waals surface area contributed by atoms with Crippen LogP contribution < -0.4 is 10.1 Å². The van der Waals surface area contributed by atoms with Crippen molar-refractivity contribution in [2.24, 2.45) is 0 Å². The molecule has 0 aliphatic carbocycles. The molecule has 0 aromatic heterocycles. The zero-order valence-corrected chi connectivity index (χ0v) is 14.3. The summed E-state index contributed by atoms with van der Waals surface area (Å²) in [6.07, 6.45) is 3.01. The maximum Gasteiger partial charge on any atom is 0.251 e. The van der Waals surface area contributed by atoms with Crippen LogP contribution in [-0.4, -0.2) is 62.5 Å². The number of hydrogen-bond donors (Lipinski definition) is 1. The maximum absolute atomic E-state index is 12.6. The minimum atomic E-state index is -3.10. The van der Waals surface area contributed by atoms with E-state index in [0.717, 1.165) is 43.7 Å². The van der Waals surface area contributed by atoms with Crippen LogP contribution in [0.4, 0.5) is 0 Å².